The van der Waals surface area contributed by atoms with Gasteiger partial charge in [-0.3, -0.25) is 9.52 Å². The summed E-state index contributed by atoms with van der Waals surface area (Å²) in [6, 6.07) is 15.7. The van der Waals surface area contributed by atoms with E-state index in [1.807, 2.05) is 13.0 Å². The van der Waals surface area contributed by atoms with Crippen LogP contribution < -0.4 is 14.8 Å². The summed E-state index contributed by atoms with van der Waals surface area (Å²) in [4.78, 5) is 12.9. The van der Waals surface area contributed by atoms with Gasteiger partial charge in [-0.15, -0.1) is 0 Å². The molecular formula is C23H25N3O5S2. The average Bonchev–Trinajstić information content (AvgIpc) is 2.76. The number of nitrogens with one attached hydrogen (secondary N) is 3. The van der Waals surface area contributed by atoms with Crippen molar-refractivity contribution in [1.82, 2.24) is 4.72 Å². The number of carbonyl (C=O) groups is 1. The fraction of sp³-hybridized carbons (Fsp3) is 0.174. The van der Waals surface area contributed by atoms with Gasteiger partial charge in [-0.2, -0.15) is 0 Å². The summed E-state index contributed by atoms with van der Waals surface area (Å²) in [7, 11) is -6.14. The minimum atomic E-state index is -3.79. The molecule has 3 N–H and O–H groups in total. The molecule has 3 rings (SSSR count). The molecule has 0 unspecified atom stereocenters. The van der Waals surface area contributed by atoms with Crippen molar-refractivity contribution in [2.75, 3.05) is 17.1 Å². The van der Waals surface area contributed by atoms with Gasteiger partial charge in [0.05, 0.1) is 9.79 Å². The Hall–Kier alpha value is -3.21. The third-order valence-corrected chi connectivity index (χ3v) is 8.12. The SMILES string of the molecule is CNS(=O)(=O)c1cc(NC(=O)c2ccc(NS(=O)(=O)c3cc(C)ccc3C)cc2)ccc1C. The van der Waals surface area contributed by atoms with Crippen molar-refractivity contribution in [3.8, 4) is 0 Å². The Bertz CT molecular complexity index is 1410. The zero-order valence-electron chi connectivity index (χ0n) is 18.6. The summed E-state index contributed by atoms with van der Waals surface area (Å²) in [5, 5.41) is 2.66. The first kappa shape index (κ1) is 24.4. The molecule has 10 heteroatoms. The molecule has 0 saturated heterocycles. The lowest BCUT2D eigenvalue weighted by Crippen LogP contribution is -2.20. The highest BCUT2D eigenvalue weighted by Crippen LogP contribution is 2.23. The summed E-state index contributed by atoms with van der Waals surface area (Å²) in [5.41, 5.74) is 2.91. The third-order valence-electron chi connectivity index (χ3n) is 5.04. The Labute approximate surface area is 194 Å². The highest BCUT2D eigenvalue weighted by atomic mass is 32.2. The number of aryl methyl sites for hydroxylation is 3. The van der Waals surface area contributed by atoms with Crippen molar-refractivity contribution in [1.29, 1.82) is 0 Å². The number of anilines is 2. The standard InChI is InChI=1S/C23H25N3O5S2/c1-15-5-6-16(2)21(13-15)33(30,31)26-19-11-8-18(9-12-19)23(27)25-20-10-7-17(3)22(14-20)32(28,29)24-4/h5-14,24,26H,1-4H3,(H,25,27). The van der Waals surface area contributed by atoms with Crippen molar-refractivity contribution in [3.05, 3.63) is 82.9 Å². The van der Waals surface area contributed by atoms with Crippen molar-refractivity contribution in [2.45, 2.75) is 30.6 Å². The Morgan fingerprint density at radius 2 is 1.24 bits per heavy atom. The molecule has 0 saturated carbocycles. The molecule has 33 heavy (non-hydrogen) atoms. The van der Waals surface area contributed by atoms with E-state index in [-0.39, 0.29) is 15.4 Å². The Kier molecular flexibility index (Phi) is 6.92. The van der Waals surface area contributed by atoms with Crippen LogP contribution in [0.3, 0.4) is 0 Å². The topological polar surface area (TPSA) is 121 Å². The van der Waals surface area contributed by atoms with Crippen molar-refractivity contribution < 1.29 is 21.6 Å². The van der Waals surface area contributed by atoms with Crippen molar-refractivity contribution >= 4 is 37.3 Å². The number of hydrogen-bond acceptors (Lipinski definition) is 5. The molecule has 0 radical (unpaired) electrons. The Morgan fingerprint density at radius 3 is 1.85 bits per heavy atom. The minimum absolute atomic E-state index is 0.0685. The van der Waals surface area contributed by atoms with E-state index in [2.05, 4.69) is 14.8 Å². The van der Waals surface area contributed by atoms with Crippen LogP contribution in [0.4, 0.5) is 11.4 Å². The largest absolute Gasteiger partial charge is 0.322 e. The number of amides is 1. The fourth-order valence-corrected chi connectivity index (χ4v) is 5.56. The molecule has 3 aromatic carbocycles. The predicted octanol–water partition coefficient (Wildman–Crippen LogP) is 3.57. The molecule has 0 spiro atoms. The van der Waals surface area contributed by atoms with E-state index in [0.29, 0.717) is 22.5 Å². The molecule has 3 aromatic rings. The van der Waals surface area contributed by atoms with Gasteiger partial charge in [-0.05, 0) is 87.0 Å². The smallest absolute Gasteiger partial charge is 0.262 e. The van der Waals surface area contributed by atoms with E-state index >= 15 is 0 Å². The van der Waals surface area contributed by atoms with Gasteiger partial charge in [0.2, 0.25) is 10.0 Å². The predicted molar refractivity (Wildman–Crippen MR) is 129 cm³/mol. The van der Waals surface area contributed by atoms with E-state index < -0.39 is 26.0 Å². The van der Waals surface area contributed by atoms with E-state index in [1.54, 1.807) is 38.1 Å². The number of sulfonamides is 2. The van der Waals surface area contributed by atoms with Gasteiger partial charge in [-0.1, -0.05) is 18.2 Å². The zero-order valence-corrected chi connectivity index (χ0v) is 20.3. The molecule has 0 aliphatic rings. The first-order chi connectivity index (χ1) is 15.4. The third kappa shape index (κ3) is 5.59. The van der Waals surface area contributed by atoms with Crippen LogP contribution in [-0.4, -0.2) is 29.8 Å². The van der Waals surface area contributed by atoms with Gasteiger partial charge in [0.1, 0.15) is 0 Å². The average molecular weight is 488 g/mol. The number of carbonyl (C=O) groups excluding carboxylic acids is 1. The minimum Gasteiger partial charge on any atom is -0.322 e. The van der Waals surface area contributed by atoms with Crippen LogP contribution in [0.5, 0.6) is 0 Å². The second-order valence-corrected chi connectivity index (χ2v) is 11.1. The normalized spacial score (nSPS) is 11.8. The van der Waals surface area contributed by atoms with Gasteiger partial charge >= 0.3 is 0 Å². The highest BCUT2D eigenvalue weighted by molar-refractivity contribution is 7.92. The van der Waals surface area contributed by atoms with Crippen molar-refractivity contribution in [2.24, 2.45) is 0 Å². The number of rotatable bonds is 7. The van der Waals surface area contributed by atoms with Gasteiger partial charge in [0.15, 0.2) is 0 Å². The van der Waals surface area contributed by atoms with Gasteiger partial charge < -0.3 is 5.32 Å². The van der Waals surface area contributed by atoms with Crippen LogP contribution in [0.25, 0.3) is 0 Å². The summed E-state index contributed by atoms with van der Waals surface area (Å²) in [6.07, 6.45) is 0. The summed E-state index contributed by atoms with van der Waals surface area (Å²) in [6.45, 7) is 5.20. The molecule has 0 aliphatic heterocycles. The van der Waals surface area contributed by atoms with Crippen LogP contribution in [0.2, 0.25) is 0 Å². The molecule has 8 nitrogen and oxygen atoms in total. The van der Waals surface area contributed by atoms with Gasteiger partial charge in [-0.25, -0.2) is 21.6 Å². The molecule has 0 aromatic heterocycles. The maximum atomic E-state index is 12.8. The van der Waals surface area contributed by atoms with E-state index in [1.165, 1.54) is 37.4 Å². The molecule has 0 atom stereocenters. The van der Waals surface area contributed by atoms with Crippen molar-refractivity contribution in [3.63, 3.8) is 0 Å². The van der Waals surface area contributed by atoms with Crippen LogP contribution in [0.1, 0.15) is 27.0 Å². The van der Waals surface area contributed by atoms with Crippen LogP contribution in [0.15, 0.2) is 70.5 Å². The maximum Gasteiger partial charge on any atom is 0.262 e. The van der Waals surface area contributed by atoms with Gasteiger partial charge in [0, 0.05) is 16.9 Å². The summed E-state index contributed by atoms with van der Waals surface area (Å²) < 4.78 is 54.6. The molecule has 0 bridgehead atoms. The summed E-state index contributed by atoms with van der Waals surface area (Å²) in [5.74, 6) is -0.462. The van der Waals surface area contributed by atoms with E-state index in [9.17, 15) is 21.6 Å². The maximum absolute atomic E-state index is 12.8. The number of benzene rings is 3. The Balaban J connectivity index is 1.77. The molecular weight excluding hydrogens is 462 g/mol. The second kappa shape index (κ2) is 9.34. The molecule has 0 aliphatic carbocycles. The fourth-order valence-electron chi connectivity index (χ4n) is 3.18. The number of hydrogen-bond donors (Lipinski definition) is 3. The molecule has 174 valence electrons. The lowest BCUT2D eigenvalue weighted by molar-refractivity contribution is 0.102. The first-order valence-corrected chi connectivity index (χ1v) is 13.0. The monoisotopic (exact) mass is 487 g/mol. The van der Waals surface area contributed by atoms with Gasteiger partial charge in [0.25, 0.3) is 15.9 Å². The molecule has 0 heterocycles. The van der Waals surface area contributed by atoms with E-state index in [0.717, 1.165) is 5.56 Å². The second-order valence-electron chi connectivity index (χ2n) is 7.59. The highest BCUT2D eigenvalue weighted by Gasteiger charge is 2.18. The van der Waals surface area contributed by atoms with E-state index in [4.69, 9.17) is 0 Å². The lowest BCUT2D eigenvalue weighted by atomic mass is 10.2. The Morgan fingerprint density at radius 1 is 0.697 bits per heavy atom. The van der Waals surface area contributed by atoms with Crippen LogP contribution in [0, 0.1) is 20.8 Å². The lowest BCUT2D eigenvalue weighted by Gasteiger charge is -2.12. The summed E-state index contributed by atoms with van der Waals surface area (Å²) >= 11 is 0. The molecule has 0 fully saturated rings. The quantitative estimate of drug-likeness (QED) is 0.470. The first-order valence-electron chi connectivity index (χ1n) is 9.98. The zero-order chi connectivity index (χ0) is 24.4. The molecule has 1 amide bonds. The van der Waals surface area contributed by atoms with Crippen LogP contribution in [-0.2, 0) is 20.0 Å². The van der Waals surface area contributed by atoms with Crippen LogP contribution >= 0.6 is 0 Å².